The molecule has 0 radical (unpaired) electrons. The minimum absolute atomic E-state index is 0.0701. The Morgan fingerprint density at radius 2 is 1.95 bits per heavy atom. The molecular weight excluding hydrogens is 523 g/mol. The summed E-state index contributed by atoms with van der Waals surface area (Å²) < 4.78 is 5.36. The molecule has 8 heteroatoms. The van der Waals surface area contributed by atoms with Gasteiger partial charge in [-0.15, -0.1) is 0 Å². The Labute approximate surface area is 234 Å². The Bertz CT molecular complexity index is 1220. The number of halogens is 2. The number of hydrogen-bond donors (Lipinski definition) is 2. The average Bonchev–Trinajstić information content (AvgIpc) is 2.90. The van der Waals surface area contributed by atoms with Gasteiger partial charge in [0.05, 0.1) is 18.7 Å². The number of aliphatic carboxylic acids is 1. The molecular formula is C30H36Cl2N2O4. The van der Waals surface area contributed by atoms with Crippen molar-refractivity contribution in [3.05, 3.63) is 69.8 Å². The Kier molecular flexibility index (Phi) is 10.3. The van der Waals surface area contributed by atoms with Crippen molar-refractivity contribution < 1.29 is 19.7 Å². The molecule has 3 aromatic rings. The van der Waals surface area contributed by atoms with E-state index >= 15 is 0 Å². The molecule has 1 saturated heterocycles. The fraction of sp³-hybridized carbons (Fsp3) is 0.467. The molecule has 0 amide bonds. The van der Waals surface area contributed by atoms with Crippen molar-refractivity contribution in [2.45, 2.75) is 51.0 Å². The molecule has 2 N–H and O–H groups in total. The van der Waals surface area contributed by atoms with Gasteiger partial charge in [-0.05, 0) is 111 Å². The Hall–Kier alpha value is -2.38. The Balaban J connectivity index is 1.31. The number of aliphatic hydroxyl groups excluding tert-OH is 1. The van der Waals surface area contributed by atoms with E-state index in [4.69, 9.17) is 27.9 Å². The van der Waals surface area contributed by atoms with Crippen LogP contribution < -0.4 is 4.74 Å². The highest BCUT2D eigenvalue weighted by Crippen LogP contribution is 2.35. The summed E-state index contributed by atoms with van der Waals surface area (Å²) in [5.41, 5.74) is 2.65. The van der Waals surface area contributed by atoms with E-state index in [-0.39, 0.29) is 18.3 Å². The summed E-state index contributed by atoms with van der Waals surface area (Å²) in [7, 11) is 1.62. The van der Waals surface area contributed by atoms with Crippen molar-refractivity contribution in [2.75, 3.05) is 26.7 Å². The quantitative estimate of drug-likeness (QED) is 0.238. The van der Waals surface area contributed by atoms with Crippen LogP contribution in [0.3, 0.4) is 0 Å². The van der Waals surface area contributed by atoms with E-state index in [0.717, 1.165) is 79.5 Å². The lowest BCUT2D eigenvalue weighted by atomic mass is 9.79. The lowest BCUT2D eigenvalue weighted by Crippen LogP contribution is -2.41. The van der Waals surface area contributed by atoms with Crippen molar-refractivity contribution in [3.63, 3.8) is 0 Å². The van der Waals surface area contributed by atoms with Crippen LogP contribution >= 0.6 is 23.2 Å². The predicted octanol–water partition coefficient (Wildman–Crippen LogP) is 6.80. The molecule has 4 rings (SSSR count). The molecule has 1 fully saturated rings. The first-order valence-corrected chi connectivity index (χ1v) is 14.1. The minimum Gasteiger partial charge on any atom is -0.497 e. The molecule has 3 atom stereocenters. The lowest BCUT2D eigenvalue weighted by molar-refractivity contribution is -0.139. The number of rotatable bonds is 12. The standard InChI is InChI=1S/C30H36Cl2N2O4/c1-38-22-9-10-28-25(18-22)23(12-14-33-28)29(35)11-8-20-13-16-34(19-21(20)17-30(36)37)15-3-2-5-24-26(31)6-4-7-27(24)32/h4,6-7,9-10,12,14,18,20-21,29,35H,2-3,5,8,11,13,15-17,19H2,1H3,(H,36,37)/t20-,21+,29+/m1/s1. The van der Waals surface area contributed by atoms with Gasteiger partial charge in [-0.3, -0.25) is 9.78 Å². The number of benzene rings is 2. The van der Waals surface area contributed by atoms with Crippen LogP contribution in [0.15, 0.2) is 48.7 Å². The van der Waals surface area contributed by atoms with Crippen LogP contribution in [0.4, 0.5) is 0 Å². The minimum atomic E-state index is -0.761. The van der Waals surface area contributed by atoms with Crippen LogP contribution in [0.5, 0.6) is 5.75 Å². The van der Waals surface area contributed by atoms with Crippen LogP contribution in [0.2, 0.25) is 10.0 Å². The predicted molar refractivity (Wildman–Crippen MR) is 152 cm³/mol. The van der Waals surface area contributed by atoms with E-state index in [1.54, 1.807) is 13.3 Å². The van der Waals surface area contributed by atoms with Gasteiger partial charge < -0.3 is 19.8 Å². The van der Waals surface area contributed by atoms with E-state index < -0.39 is 12.1 Å². The molecule has 1 aromatic heterocycles. The number of aliphatic hydroxyl groups is 1. The van der Waals surface area contributed by atoms with E-state index in [1.165, 1.54) is 0 Å². The second-order valence-corrected chi connectivity index (χ2v) is 11.1. The summed E-state index contributed by atoms with van der Waals surface area (Å²) >= 11 is 12.6. The monoisotopic (exact) mass is 558 g/mol. The van der Waals surface area contributed by atoms with Gasteiger partial charge >= 0.3 is 5.97 Å². The largest absolute Gasteiger partial charge is 0.497 e. The second kappa shape index (κ2) is 13.6. The number of pyridine rings is 1. The highest BCUT2D eigenvalue weighted by Gasteiger charge is 2.31. The summed E-state index contributed by atoms with van der Waals surface area (Å²) in [4.78, 5) is 18.5. The number of aromatic nitrogens is 1. The number of carboxylic acids is 1. The highest BCUT2D eigenvalue weighted by molar-refractivity contribution is 6.35. The first kappa shape index (κ1) is 28.6. The van der Waals surface area contributed by atoms with Crippen LogP contribution in [0.25, 0.3) is 10.9 Å². The van der Waals surface area contributed by atoms with Gasteiger partial charge in [-0.2, -0.15) is 0 Å². The topological polar surface area (TPSA) is 82.9 Å². The van der Waals surface area contributed by atoms with E-state index in [9.17, 15) is 15.0 Å². The normalized spacial score (nSPS) is 18.9. The maximum atomic E-state index is 11.7. The first-order valence-electron chi connectivity index (χ1n) is 13.3. The number of ether oxygens (including phenoxy) is 1. The lowest BCUT2D eigenvalue weighted by Gasteiger charge is -2.38. The average molecular weight is 560 g/mol. The van der Waals surface area contributed by atoms with Crippen molar-refractivity contribution >= 4 is 40.1 Å². The Morgan fingerprint density at radius 3 is 2.68 bits per heavy atom. The molecule has 1 aliphatic rings. The second-order valence-electron chi connectivity index (χ2n) is 10.2. The van der Waals surface area contributed by atoms with Crippen LogP contribution in [-0.4, -0.2) is 52.8 Å². The number of fused-ring (bicyclic) bond motifs is 1. The molecule has 0 unspecified atom stereocenters. The molecule has 0 saturated carbocycles. The number of likely N-dealkylation sites (tertiary alicyclic amines) is 1. The number of piperidine rings is 1. The Morgan fingerprint density at radius 1 is 1.16 bits per heavy atom. The molecule has 0 aliphatic carbocycles. The zero-order valence-electron chi connectivity index (χ0n) is 21.8. The summed E-state index contributed by atoms with van der Waals surface area (Å²) in [6.45, 7) is 2.65. The number of methoxy groups -OCH3 is 1. The van der Waals surface area contributed by atoms with E-state index in [0.29, 0.717) is 16.5 Å². The van der Waals surface area contributed by atoms with Crippen molar-refractivity contribution in [1.29, 1.82) is 0 Å². The third kappa shape index (κ3) is 7.38. The van der Waals surface area contributed by atoms with E-state index in [2.05, 4.69) is 9.88 Å². The molecule has 6 nitrogen and oxygen atoms in total. The number of nitrogens with zero attached hydrogens (tertiary/aromatic N) is 2. The van der Waals surface area contributed by atoms with Gasteiger partial charge in [0, 0.05) is 34.6 Å². The smallest absolute Gasteiger partial charge is 0.303 e. The van der Waals surface area contributed by atoms with Gasteiger partial charge in [-0.1, -0.05) is 29.3 Å². The van der Waals surface area contributed by atoms with Crippen LogP contribution in [0, 0.1) is 11.8 Å². The number of carboxylic acid groups (broad SMARTS) is 1. The van der Waals surface area contributed by atoms with E-state index in [1.807, 2.05) is 42.5 Å². The summed E-state index contributed by atoms with van der Waals surface area (Å²) in [6, 6.07) is 13.1. The maximum Gasteiger partial charge on any atom is 0.303 e. The highest BCUT2D eigenvalue weighted by atomic mass is 35.5. The van der Waals surface area contributed by atoms with Crippen molar-refractivity contribution in [1.82, 2.24) is 9.88 Å². The van der Waals surface area contributed by atoms with Gasteiger partial charge in [0.2, 0.25) is 0 Å². The maximum absolute atomic E-state index is 11.7. The molecule has 0 bridgehead atoms. The van der Waals surface area contributed by atoms with Crippen molar-refractivity contribution in [2.24, 2.45) is 11.8 Å². The summed E-state index contributed by atoms with van der Waals surface area (Å²) in [5.74, 6) is 0.299. The molecule has 204 valence electrons. The first-order chi connectivity index (χ1) is 18.4. The van der Waals surface area contributed by atoms with Crippen LogP contribution in [0.1, 0.15) is 55.8 Å². The summed E-state index contributed by atoms with van der Waals surface area (Å²) in [6.07, 6.45) is 6.34. The fourth-order valence-corrected chi connectivity index (χ4v) is 6.28. The molecule has 1 aliphatic heterocycles. The van der Waals surface area contributed by atoms with Crippen LogP contribution in [-0.2, 0) is 11.2 Å². The SMILES string of the molecule is COc1ccc2nccc([C@@H](O)CC[C@@H]3CCN(CCCCc4c(Cl)cccc4Cl)C[C@@H]3CC(=O)O)c2c1. The number of hydrogen-bond acceptors (Lipinski definition) is 5. The zero-order chi connectivity index (χ0) is 27.1. The van der Waals surface area contributed by atoms with Gasteiger partial charge in [-0.25, -0.2) is 0 Å². The molecule has 0 spiro atoms. The molecule has 2 aromatic carbocycles. The third-order valence-corrected chi connectivity index (χ3v) is 8.49. The number of carbonyl (C=O) groups is 1. The number of unbranched alkanes of at least 4 members (excludes halogenated alkanes) is 1. The summed E-state index contributed by atoms with van der Waals surface area (Å²) in [5, 5.41) is 23.0. The fourth-order valence-electron chi connectivity index (χ4n) is 5.69. The van der Waals surface area contributed by atoms with Gasteiger partial charge in [0.25, 0.3) is 0 Å². The van der Waals surface area contributed by atoms with Crippen molar-refractivity contribution in [3.8, 4) is 5.75 Å². The molecule has 38 heavy (non-hydrogen) atoms. The van der Waals surface area contributed by atoms with Gasteiger partial charge in [0.1, 0.15) is 5.75 Å². The van der Waals surface area contributed by atoms with Gasteiger partial charge in [0.15, 0.2) is 0 Å². The molecule has 2 heterocycles. The zero-order valence-corrected chi connectivity index (χ0v) is 23.3. The third-order valence-electron chi connectivity index (χ3n) is 7.78.